The maximum Gasteiger partial charge on any atom is 0.257 e. The van der Waals surface area contributed by atoms with Gasteiger partial charge in [-0.1, -0.05) is 27.2 Å². The maximum absolute atomic E-state index is 12.7. The van der Waals surface area contributed by atoms with Crippen LogP contribution >= 0.6 is 0 Å². The largest absolute Gasteiger partial charge is 0.340 e. The molecule has 1 unspecified atom stereocenters. The fourth-order valence-corrected chi connectivity index (χ4v) is 3.15. The van der Waals surface area contributed by atoms with Gasteiger partial charge in [-0.25, -0.2) is 0 Å². The van der Waals surface area contributed by atoms with E-state index in [4.69, 9.17) is 4.99 Å². The Labute approximate surface area is 134 Å². The lowest BCUT2D eigenvalue weighted by Gasteiger charge is -2.36. The van der Waals surface area contributed by atoms with Gasteiger partial charge in [0.2, 0.25) is 5.91 Å². The second-order valence-corrected chi connectivity index (χ2v) is 5.76. The van der Waals surface area contributed by atoms with Crippen molar-refractivity contribution in [1.82, 2.24) is 9.80 Å². The van der Waals surface area contributed by atoms with Crippen LogP contribution in [-0.4, -0.2) is 52.6 Å². The summed E-state index contributed by atoms with van der Waals surface area (Å²) < 4.78 is 0. The van der Waals surface area contributed by atoms with E-state index in [1.807, 2.05) is 25.7 Å². The summed E-state index contributed by atoms with van der Waals surface area (Å²) in [6.07, 6.45) is 4.62. The van der Waals surface area contributed by atoms with Crippen LogP contribution in [0.2, 0.25) is 0 Å². The molecule has 0 aromatic rings. The first-order valence-electron chi connectivity index (χ1n) is 8.70. The van der Waals surface area contributed by atoms with Gasteiger partial charge in [-0.15, -0.1) is 0 Å². The van der Waals surface area contributed by atoms with Crippen LogP contribution in [-0.2, 0) is 9.59 Å². The minimum absolute atomic E-state index is 0.0390. The quantitative estimate of drug-likeness (QED) is 0.802. The number of nitrogens with zero attached hydrogens (tertiary/aromatic N) is 3. The van der Waals surface area contributed by atoms with Crippen LogP contribution in [0.5, 0.6) is 0 Å². The molecule has 1 atom stereocenters. The van der Waals surface area contributed by atoms with E-state index in [9.17, 15) is 9.59 Å². The number of hydrogen-bond donors (Lipinski definition) is 0. The molecular formula is C17H31N3O2. The van der Waals surface area contributed by atoms with Gasteiger partial charge in [0.25, 0.3) is 5.91 Å². The molecule has 2 aliphatic rings. The average molecular weight is 309 g/mol. The van der Waals surface area contributed by atoms with Crippen LogP contribution in [0.25, 0.3) is 0 Å². The van der Waals surface area contributed by atoms with Gasteiger partial charge in [0.1, 0.15) is 5.84 Å². The van der Waals surface area contributed by atoms with Crippen LogP contribution in [0.1, 0.15) is 66.7 Å². The predicted molar refractivity (Wildman–Crippen MR) is 89.9 cm³/mol. The fraction of sp³-hybridized carbons (Fsp3) is 0.824. The Morgan fingerprint density at radius 1 is 1.32 bits per heavy atom. The number of amidine groups is 1. The Bertz CT molecular complexity index is 434. The molecule has 2 aliphatic heterocycles. The fourth-order valence-electron chi connectivity index (χ4n) is 3.15. The standard InChI is InChI=1S/C15H25N3O2.C2H6/c1-4-6-8-13-16-15(14(20)18(13)5-2)9-7-10-17(11-15)12(3)19;1-2/h4-11H2,1-3H3;1-2H3. The number of likely N-dealkylation sites (tertiary alicyclic amines) is 1. The highest BCUT2D eigenvalue weighted by atomic mass is 16.2. The van der Waals surface area contributed by atoms with Crippen LogP contribution < -0.4 is 0 Å². The lowest BCUT2D eigenvalue weighted by Crippen LogP contribution is -2.54. The highest BCUT2D eigenvalue weighted by molar-refractivity contribution is 6.08. The molecule has 0 aliphatic carbocycles. The van der Waals surface area contributed by atoms with Gasteiger partial charge in [0.15, 0.2) is 5.54 Å². The molecule has 0 aromatic heterocycles. The summed E-state index contributed by atoms with van der Waals surface area (Å²) in [5.41, 5.74) is -0.691. The monoisotopic (exact) mass is 309 g/mol. The number of unbranched alkanes of at least 4 members (excludes halogenated alkanes) is 1. The maximum atomic E-state index is 12.7. The number of hydrogen-bond acceptors (Lipinski definition) is 3. The molecule has 0 aromatic carbocycles. The molecule has 22 heavy (non-hydrogen) atoms. The summed E-state index contributed by atoms with van der Waals surface area (Å²) in [6, 6.07) is 0. The van der Waals surface area contributed by atoms with Crippen molar-refractivity contribution in [2.75, 3.05) is 19.6 Å². The van der Waals surface area contributed by atoms with Gasteiger partial charge in [-0.05, 0) is 26.2 Å². The third-order valence-corrected chi connectivity index (χ3v) is 4.28. The number of carbonyl (C=O) groups is 2. The van der Waals surface area contributed by atoms with E-state index in [-0.39, 0.29) is 11.8 Å². The Morgan fingerprint density at radius 3 is 2.55 bits per heavy atom. The molecule has 1 fully saturated rings. The summed E-state index contributed by atoms with van der Waals surface area (Å²) in [4.78, 5) is 32.7. The molecule has 0 saturated carbocycles. The van der Waals surface area contributed by atoms with E-state index in [2.05, 4.69) is 6.92 Å². The number of piperidine rings is 1. The zero-order chi connectivity index (χ0) is 16.8. The minimum atomic E-state index is -0.691. The molecule has 5 nitrogen and oxygen atoms in total. The summed E-state index contributed by atoms with van der Waals surface area (Å²) in [5, 5.41) is 0. The van der Waals surface area contributed by atoms with E-state index < -0.39 is 5.54 Å². The van der Waals surface area contributed by atoms with E-state index in [0.29, 0.717) is 13.1 Å². The number of amides is 2. The van der Waals surface area contributed by atoms with Crippen molar-refractivity contribution >= 4 is 17.6 Å². The summed E-state index contributed by atoms with van der Waals surface area (Å²) in [5.74, 6) is 1.05. The number of rotatable bonds is 4. The Kier molecular flexibility index (Phi) is 7.04. The summed E-state index contributed by atoms with van der Waals surface area (Å²) >= 11 is 0. The molecule has 0 bridgehead atoms. The lowest BCUT2D eigenvalue weighted by atomic mass is 9.89. The normalized spacial score (nSPS) is 24.2. The smallest absolute Gasteiger partial charge is 0.257 e. The van der Waals surface area contributed by atoms with E-state index in [1.165, 1.54) is 0 Å². The van der Waals surface area contributed by atoms with E-state index in [1.54, 1.807) is 11.8 Å². The van der Waals surface area contributed by atoms with Gasteiger partial charge < -0.3 is 4.90 Å². The zero-order valence-electron chi connectivity index (χ0n) is 14.8. The molecule has 1 spiro atoms. The SMILES string of the molecule is CC.CCCCC1=NC2(CCCN(C(C)=O)C2)C(=O)N1CC. The van der Waals surface area contributed by atoms with Crippen molar-refractivity contribution in [3.05, 3.63) is 0 Å². The van der Waals surface area contributed by atoms with E-state index >= 15 is 0 Å². The first-order chi connectivity index (χ1) is 10.5. The second kappa shape index (κ2) is 8.30. The second-order valence-electron chi connectivity index (χ2n) is 5.76. The van der Waals surface area contributed by atoms with Crippen LogP contribution in [0.3, 0.4) is 0 Å². The topological polar surface area (TPSA) is 53.0 Å². The predicted octanol–water partition coefficient (Wildman–Crippen LogP) is 2.84. The summed E-state index contributed by atoms with van der Waals surface area (Å²) in [6.45, 7) is 11.6. The van der Waals surface area contributed by atoms with Gasteiger partial charge in [-0.2, -0.15) is 0 Å². The first-order valence-corrected chi connectivity index (χ1v) is 8.70. The Morgan fingerprint density at radius 2 is 2.00 bits per heavy atom. The highest BCUT2D eigenvalue weighted by Gasteiger charge is 2.50. The molecule has 2 amide bonds. The third-order valence-electron chi connectivity index (χ3n) is 4.28. The highest BCUT2D eigenvalue weighted by Crippen LogP contribution is 2.33. The first kappa shape index (κ1) is 18.7. The molecule has 1 saturated heterocycles. The molecule has 2 rings (SSSR count). The number of likely N-dealkylation sites (N-methyl/N-ethyl adjacent to an activating group) is 1. The van der Waals surface area contributed by atoms with Gasteiger partial charge in [-0.3, -0.25) is 19.5 Å². The summed E-state index contributed by atoms with van der Waals surface area (Å²) in [7, 11) is 0. The van der Waals surface area contributed by atoms with Crippen molar-refractivity contribution < 1.29 is 9.59 Å². The molecule has 5 heteroatoms. The minimum Gasteiger partial charge on any atom is -0.340 e. The number of carbonyl (C=O) groups excluding carboxylic acids is 2. The van der Waals surface area contributed by atoms with Crippen molar-refractivity contribution in [2.24, 2.45) is 4.99 Å². The average Bonchev–Trinajstić information content (AvgIpc) is 2.79. The van der Waals surface area contributed by atoms with Gasteiger partial charge >= 0.3 is 0 Å². The van der Waals surface area contributed by atoms with Crippen molar-refractivity contribution in [2.45, 2.75) is 72.3 Å². The molecule has 126 valence electrons. The van der Waals surface area contributed by atoms with Gasteiger partial charge in [0, 0.05) is 26.4 Å². The zero-order valence-corrected chi connectivity index (χ0v) is 14.8. The van der Waals surface area contributed by atoms with Crippen LogP contribution in [0, 0.1) is 0 Å². The molecule has 0 N–H and O–H groups in total. The van der Waals surface area contributed by atoms with Crippen LogP contribution in [0.4, 0.5) is 0 Å². The Hall–Kier alpha value is -1.39. The molecule has 2 heterocycles. The van der Waals surface area contributed by atoms with Crippen molar-refractivity contribution in [3.63, 3.8) is 0 Å². The molecular weight excluding hydrogens is 278 g/mol. The van der Waals surface area contributed by atoms with Crippen molar-refractivity contribution in [1.29, 1.82) is 0 Å². The lowest BCUT2D eigenvalue weighted by molar-refractivity contribution is -0.137. The van der Waals surface area contributed by atoms with Gasteiger partial charge in [0.05, 0.1) is 6.54 Å². The number of aliphatic imine (C=N–C) groups is 1. The Balaban J connectivity index is 0.00000116. The third kappa shape index (κ3) is 3.68. The van der Waals surface area contributed by atoms with E-state index in [0.717, 1.165) is 44.5 Å². The molecule has 0 radical (unpaired) electrons. The van der Waals surface area contributed by atoms with Crippen LogP contribution in [0.15, 0.2) is 4.99 Å². The van der Waals surface area contributed by atoms with Crippen molar-refractivity contribution in [3.8, 4) is 0 Å².